The number of carboxylic acids is 2. The Morgan fingerprint density at radius 3 is 1.90 bits per heavy atom. The van der Waals surface area contributed by atoms with E-state index in [0.29, 0.717) is 12.0 Å². The lowest BCUT2D eigenvalue weighted by Gasteiger charge is -2.37. The SMILES string of the molecule is O=C(O)[C@@H]1CCC[C@@H](C(=O)O)N1C(=O)c1ccccc1. The first-order chi connectivity index (χ1) is 9.52. The molecule has 0 spiro atoms. The van der Waals surface area contributed by atoms with E-state index in [9.17, 15) is 24.6 Å². The Morgan fingerprint density at radius 2 is 1.45 bits per heavy atom. The number of carbonyl (C=O) groups excluding carboxylic acids is 1. The van der Waals surface area contributed by atoms with Crippen LogP contribution >= 0.6 is 0 Å². The maximum absolute atomic E-state index is 12.4. The van der Waals surface area contributed by atoms with Gasteiger partial charge < -0.3 is 15.1 Å². The summed E-state index contributed by atoms with van der Waals surface area (Å²) in [5, 5.41) is 18.4. The summed E-state index contributed by atoms with van der Waals surface area (Å²) in [5.41, 5.74) is 0.298. The second-order valence-electron chi connectivity index (χ2n) is 4.72. The summed E-state index contributed by atoms with van der Waals surface area (Å²) in [6.07, 6.45) is 1.03. The van der Waals surface area contributed by atoms with Crippen LogP contribution in [0.2, 0.25) is 0 Å². The molecule has 1 saturated heterocycles. The van der Waals surface area contributed by atoms with Crippen LogP contribution in [-0.2, 0) is 9.59 Å². The third kappa shape index (κ3) is 2.64. The van der Waals surface area contributed by atoms with E-state index in [1.807, 2.05) is 0 Å². The highest BCUT2D eigenvalue weighted by atomic mass is 16.4. The maximum atomic E-state index is 12.4. The van der Waals surface area contributed by atoms with Crippen LogP contribution in [0.4, 0.5) is 0 Å². The second-order valence-corrected chi connectivity index (χ2v) is 4.72. The molecule has 1 aliphatic heterocycles. The van der Waals surface area contributed by atoms with Crippen LogP contribution in [0.3, 0.4) is 0 Å². The maximum Gasteiger partial charge on any atom is 0.326 e. The van der Waals surface area contributed by atoms with Crippen molar-refractivity contribution in [2.75, 3.05) is 0 Å². The van der Waals surface area contributed by atoms with E-state index >= 15 is 0 Å². The minimum atomic E-state index is -1.17. The summed E-state index contributed by atoms with van der Waals surface area (Å²) in [7, 11) is 0. The molecule has 0 radical (unpaired) electrons. The quantitative estimate of drug-likeness (QED) is 0.866. The summed E-state index contributed by atoms with van der Waals surface area (Å²) in [5.74, 6) is -2.88. The van der Waals surface area contributed by atoms with Gasteiger partial charge in [-0.25, -0.2) is 9.59 Å². The Morgan fingerprint density at radius 1 is 0.950 bits per heavy atom. The average molecular weight is 277 g/mol. The molecule has 106 valence electrons. The van der Waals surface area contributed by atoms with E-state index in [-0.39, 0.29) is 12.8 Å². The Balaban J connectivity index is 2.37. The molecule has 1 aromatic carbocycles. The Kier molecular flexibility index (Phi) is 4.02. The highest BCUT2D eigenvalue weighted by molar-refractivity contribution is 5.99. The molecule has 1 aliphatic rings. The highest BCUT2D eigenvalue weighted by Gasteiger charge is 2.41. The summed E-state index contributed by atoms with van der Waals surface area (Å²) in [6.45, 7) is 0. The normalized spacial score (nSPS) is 22.3. The van der Waals surface area contributed by atoms with Crippen LogP contribution in [0, 0.1) is 0 Å². The van der Waals surface area contributed by atoms with Crippen LogP contribution in [0.15, 0.2) is 30.3 Å². The molecule has 1 aromatic rings. The predicted octanol–water partition coefficient (Wildman–Crippen LogP) is 1.22. The lowest BCUT2D eigenvalue weighted by atomic mass is 9.94. The van der Waals surface area contributed by atoms with Crippen LogP contribution < -0.4 is 0 Å². The number of amides is 1. The zero-order chi connectivity index (χ0) is 14.7. The summed E-state index contributed by atoms with van der Waals surface area (Å²) >= 11 is 0. The number of benzene rings is 1. The standard InChI is InChI=1S/C14H15NO5/c16-12(9-5-2-1-3-6-9)15-10(13(17)18)7-4-8-11(15)14(19)20/h1-3,5-6,10-11H,4,7-8H2,(H,17,18)(H,19,20)/t10-,11-/m0/s1. The molecule has 6 heteroatoms. The Bertz CT molecular complexity index is 506. The fourth-order valence-corrected chi connectivity index (χ4v) is 2.50. The largest absolute Gasteiger partial charge is 0.480 e. The van der Waals surface area contributed by atoms with Gasteiger partial charge in [0.25, 0.3) is 5.91 Å². The highest BCUT2D eigenvalue weighted by Crippen LogP contribution is 2.25. The van der Waals surface area contributed by atoms with Crippen LogP contribution in [0.25, 0.3) is 0 Å². The molecular weight excluding hydrogens is 262 g/mol. The van der Waals surface area contributed by atoms with Gasteiger partial charge in [0.2, 0.25) is 0 Å². The number of rotatable bonds is 3. The molecule has 2 rings (SSSR count). The molecule has 1 fully saturated rings. The summed E-state index contributed by atoms with van der Waals surface area (Å²) < 4.78 is 0. The lowest BCUT2D eigenvalue weighted by Crippen LogP contribution is -2.56. The van der Waals surface area contributed by atoms with Crippen molar-refractivity contribution in [2.24, 2.45) is 0 Å². The molecule has 0 aromatic heterocycles. The number of carbonyl (C=O) groups is 3. The summed E-state index contributed by atoms with van der Waals surface area (Å²) in [4.78, 5) is 36.0. The predicted molar refractivity (Wildman–Crippen MR) is 69.3 cm³/mol. The first-order valence-electron chi connectivity index (χ1n) is 6.35. The van der Waals surface area contributed by atoms with Crippen molar-refractivity contribution < 1.29 is 24.6 Å². The van der Waals surface area contributed by atoms with E-state index in [1.165, 1.54) is 0 Å². The van der Waals surface area contributed by atoms with Crippen molar-refractivity contribution in [3.05, 3.63) is 35.9 Å². The van der Waals surface area contributed by atoms with Crippen molar-refractivity contribution in [3.8, 4) is 0 Å². The number of hydrogen-bond donors (Lipinski definition) is 2. The van der Waals surface area contributed by atoms with Gasteiger partial charge in [0.1, 0.15) is 12.1 Å². The van der Waals surface area contributed by atoms with E-state index in [4.69, 9.17) is 0 Å². The molecule has 0 saturated carbocycles. The fraction of sp³-hybridized carbons (Fsp3) is 0.357. The van der Waals surface area contributed by atoms with Crippen molar-refractivity contribution >= 4 is 17.8 Å². The van der Waals surface area contributed by atoms with Gasteiger partial charge in [0, 0.05) is 5.56 Å². The van der Waals surface area contributed by atoms with E-state index in [2.05, 4.69) is 0 Å². The first-order valence-corrected chi connectivity index (χ1v) is 6.35. The van der Waals surface area contributed by atoms with Gasteiger partial charge in [0.15, 0.2) is 0 Å². The molecule has 2 N–H and O–H groups in total. The molecule has 1 amide bonds. The number of carboxylic acid groups (broad SMARTS) is 2. The van der Waals surface area contributed by atoms with E-state index in [0.717, 1.165) is 4.90 Å². The van der Waals surface area contributed by atoms with Crippen molar-refractivity contribution in [2.45, 2.75) is 31.3 Å². The smallest absolute Gasteiger partial charge is 0.326 e. The Hall–Kier alpha value is -2.37. The van der Waals surface area contributed by atoms with Crippen LogP contribution in [-0.4, -0.2) is 45.0 Å². The zero-order valence-electron chi connectivity index (χ0n) is 10.7. The zero-order valence-corrected chi connectivity index (χ0v) is 10.7. The van der Waals surface area contributed by atoms with Gasteiger partial charge in [-0.15, -0.1) is 0 Å². The fourth-order valence-electron chi connectivity index (χ4n) is 2.50. The second kappa shape index (κ2) is 5.73. The van der Waals surface area contributed by atoms with E-state index < -0.39 is 29.9 Å². The third-order valence-corrected chi connectivity index (χ3v) is 3.45. The minimum absolute atomic E-state index is 0.275. The number of hydrogen-bond acceptors (Lipinski definition) is 3. The van der Waals surface area contributed by atoms with Gasteiger partial charge in [-0.2, -0.15) is 0 Å². The average Bonchev–Trinajstić information content (AvgIpc) is 2.46. The van der Waals surface area contributed by atoms with E-state index in [1.54, 1.807) is 30.3 Å². The topological polar surface area (TPSA) is 94.9 Å². The van der Waals surface area contributed by atoms with Crippen LogP contribution in [0.1, 0.15) is 29.6 Å². The Labute approximate surface area is 115 Å². The molecule has 0 bridgehead atoms. The molecule has 2 atom stereocenters. The van der Waals surface area contributed by atoms with Gasteiger partial charge in [-0.1, -0.05) is 18.2 Å². The lowest BCUT2D eigenvalue weighted by molar-refractivity contribution is -0.151. The summed E-state index contributed by atoms with van der Waals surface area (Å²) in [6, 6.07) is 5.97. The van der Waals surface area contributed by atoms with Crippen molar-refractivity contribution in [1.29, 1.82) is 0 Å². The molecule has 1 heterocycles. The number of aliphatic carboxylic acids is 2. The molecule has 20 heavy (non-hydrogen) atoms. The molecule has 0 aliphatic carbocycles. The number of nitrogens with zero attached hydrogens (tertiary/aromatic N) is 1. The van der Waals surface area contributed by atoms with Crippen molar-refractivity contribution in [3.63, 3.8) is 0 Å². The van der Waals surface area contributed by atoms with Crippen LogP contribution in [0.5, 0.6) is 0 Å². The van der Waals surface area contributed by atoms with Gasteiger partial charge in [-0.05, 0) is 31.4 Å². The third-order valence-electron chi connectivity index (χ3n) is 3.45. The van der Waals surface area contributed by atoms with Crippen molar-refractivity contribution in [1.82, 2.24) is 4.90 Å². The van der Waals surface area contributed by atoms with Gasteiger partial charge in [-0.3, -0.25) is 4.79 Å². The molecular formula is C14H15NO5. The monoisotopic (exact) mass is 277 g/mol. The van der Waals surface area contributed by atoms with Gasteiger partial charge in [0.05, 0.1) is 0 Å². The number of piperidine rings is 1. The van der Waals surface area contributed by atoms with Gasteiger partial charge >= 0.3 is 11.9 Å². The molecule has 6 nitrogen and oxygen atoms in total. The molecule has 0 unspecified atom stereocenters. The minimum Gasteiger partial charge on any atom is -0.480 e. The number of likely N-dealkylation sites (tertiary alicyclic amines) is 1. The first kappa shape index (κ1) is 14.0.